The molecule has 20 heavy (non-hydrogen) atoms. The van der Waals surface area contributed by atoms with Crippen molar-refractivity contribution in [2.45, 2.75) is 52.0 Å². The van der Waals surface area contributed by atoms with Crippen LogP contribution in [0.4, 0.5) is 5.69 Å². The molecule has 1 aromatic rings. The zero-order chi connectivity index (χ0) is 13.9. The van der Waals surface area contributed by atoms with Crippen molar-refractivity contribution in [1.82, 2.24) is 5.32 Å². The Morgan fingerprint density at radius 2 is 1.90 bits per heavy atom. The van der Waals surface area contributed by atoms with E-state index in [2.05, 4.69) is 42.3 Å². The van der Waals surface area contributed by atoms with Crippen LogP contribution < -0.4 is 10.2 Å². The van der Waals surface area contributed by atoms with Crippen molar-refractivity contribution in [3.8, 4) is 0 Å². The van der Waals surface area contributed by atoms with Crippen molar-refractivity contribution in [3.63, 3.8) is 0 Å². The molecule has 0 spiro atoms. The maximum atomic E-state index is 3.78. The predicted octanol–water partition coefficient (Wildman–Crippen LogP) is 3.66. The molecule has 1 heterocycles. The largest absolute Gasteiger partial charge is 0.368 e. The van der Waals surface area contributed by atoms with Gasteiger partial charge in [-0.25, -0.2) is 0 Å². The number of nitrogens with one attached hydrogen (secondary N) is 1. The van der Waals surface area contributed by atoms with Crippen molar-refractivity contribution in [3.05, 3.63) is 29.3 Å². The second kappa shape index (κ2) is 6.17. The van der Waals surface area contributed by atoms with Gasteiger partial charge in [-0.15, -0.1) is 0 Å². The fraction of sp³-hybridized carbons (Fsp3) is 0.667. The molecule has 0 aromatic heterocycles. The summed E-state index contributed by atoms with van der Waals surface area (Å²) in [5, 5.41) is 3.78. The molecule has 3 rings (SSSR count). The average Bonchev–Trinajstić information content (AvgIpc) is 2.51. The first-order valence-corrected chi connectivity index (χ1v) is 8.30. The molecule has 2 fully saturated rings. The topological polar surface area (TPSA) is 15.3 Å². The Balaban J connectivity index is 1.72. The van der Waals surface area contributed by atoms with E-state index in [9.17, 15) is 0 Å². The summed E-state index contributed by atoms with van der Waals surface area (Å²) in [6.45, 7) is 7.96. The Kier molecular flexibility index (Phi) is 4.30. The number of hydrogen-bond donors (Lipinski definition) is 1. The van der Waals surface area contributed by atoms with Crippen LogP contribution in [0.15, 0.2) is 18.2 Å². The van der Waals surface area contributed by atoms with Crippen molar-refractivity contribution >= 4 is 5.69 Å². The highest BCUT2D eigenvalue weighted by molar-refractivity contribution is 5.56. The summed E-state index contributed by atoms with van der Waals surface area (Å²) in [7, 11) is 0. The van der Waals surface area contributed by atoms with Gasteiger partial charge in [0.1, 0.15) is 0 Å². The fourth-order valence-corrected chi connectivity index (χ4v) is 3.93. The van der Waals surface area contributed by atoms with Gasteiger partial charge in [0.2, 0.25) is 0 Å². The number of nitrogens with zero attached hydrogens (tertiary/aromatic N) is 1. The van der Waals surface area contributed by atoms with E-state index in [1.165, 1.54) is 55.5 Å². The molecule has 1 N–H and O–H groups in total. The summed E-state index contributed by atoms with van der Waals surface area (Å²) < 4.78 is 0. The molecule has 0 amide bonds. The Labute approximate surface area is 123 Å². The molecular formula is C18H28N2. The SMILES string of the molecule is Cc1cccc(N2CCNC(C3CCCCC3)C2)c1C. The lowest BCUT2D eigenvalue weighted by atomic mass is 9.83. The van der Waals surface area contributed by atoms with Crippen molar-refractivity contribution in [2.75, 3.05) is 24.5 Å². The summed E-state index contributed by atoms with van der Waals surface area (Å²) in [5.41, 5.74) is 4.32. The number of piperazine rings is 1. The van der Waals surface area contributed by atoms with E-state index in [4.69, 9.17) is 0 Å². The number of benzene rings is 1. The Bertz CT molecular complexity index is 449. The molecule has 2 aliphatic rings. The summed E-state index contributed by atoms with van der Waals surface area (Å²) in [6.07, 6.45) is 7.18. The molecule has 2 nitrogen and oxygen atoms in total. The molecule has 1 aliphatic heterocycles. The highest BCUT2D eigenvalue weighted by Gasteiger charge is 2.28. The second-order valence-corrected chi connectivity index (χ2v) is 6.62. The standard InChI is InChI=1S/C18H28N2/c1-14-7-6-10-18(15(14)2)20-12-11-19-17(13-20)16-8-4-3-5-9-16/h6-7,10,16-17,19H,3-5,8-9,11-13H2,1-2H3. The van der Waals surface area contributed by atoms with Crippen LogP contribution in [0.25, 0.3) is 0 Å². The molecule has 1 saturated carbocycles. The number of anilines is 1. The monoisotopic (exact) mass is 272 g/mol. The second-order valence-electron chi connectivity index (χ2n) is 6.62. The molecule has 1 saturated heterocycles. The molecule has 2 heteroatoms. The van der Waals surface area contributed by atoms with Crippen LogP contribution in [0.2, 0.25) is 0 Å². The van der Waals surface area contributed by atoms with E-state index in [0.29, 0.717) is 6.04 Å². The van der Waals surface area contributed by atoms with Crippen molar-refractivity contribution in [1.29, 1.82) is 0 Å². The average molecular weight is 272 g/mol. The normalized spacial score (nSPS) is 24.9. The molecule has 110 valence electrons. The molecule has 1 atom stereocenters. The highest BCUT2D eigenvalue weighted by atomic mass is 15.2. The van der Waals surface area contributed by atoms with E-state index in [1.54, 1.807) is 0 Å². The summed E-state index contributed by atoms with van der Waals surface area (Å²) in [5.74, 6) is 0.900. The molecular weight excluding hydrogens is 244 g/mol. The van der Waals surface area contributed by atoms with E-state index in [-0.39, 0.29) is 0 Å². The fourth-order valence-electron chi connectivity index (χ4n) is 3.93. The highest BCUT2D eigenvalue weighted by Crippen LogP contribution is 2.30. The third-order valence-electron chi connectivity index (χ3n) is 5.34. The van der Waals surface area contributed by atoms with Crippen molar-refractivity contribution < 1.29 is 0 Å². The molecule has 1 unspecified atom stereocenters. The summed E-state index contributed by atoms with van der Waals surface area (Å²) in [4.78, 5) is 2.61. The Morgan fingerprint density at radius 1 is 1.10 bits per heavy atom. The van der Waals surface area contributed by atoms with Gasteiger partial charge in [-0.2, -0.15) is 0 Å². The lowest BCUT2D eigenvalue weighted by Gasteiger charge is -2.41. The molecule has 0 bridgehead atoms. The van der Waals surface area contributed by atoms with E-state index in [0.717, 1.165) is 19.0 Å². The maximum Gasteiger partial charge on any atom is 0.0399 e. The zero-order valence-corrected chi connectivity index (χ0v) is 13.0. The van der Waals surface area contributed by atoms with Gasteiger partial charge in [0.15, 0.2) is 0 Å². The minimum absolute atomic E-state index is 0.698. The van der Waals surface area contributed by atoms with Gasteiger partial charge in [-0.1, -0.05) is 31.4 Å². The molecule has 0 radical (unpaired) electrons. The Morgan fingerprint density at radius 3 is 2.70 bits per heavy atom. The van der Waals surface area contributed by atoms with Crippen LogP contribution in [0.3, 0.4) is 0 Å². The van der Waals surface area contributed by atoms with E-state index >= 15 is 0 Å². The maximum absolute atomic E-state index is 3.78. The predicted molar refractivity (Wildman–Crippen MR) is 86.5 cm³/mol. The van der Waals surface area contributed by atoms with Gasteiger partial charge < -0.3 is 10.2 Å². The van der Waals surface area contributed by atoms with Crippen LogP contribution >= 0.6 is 0 Å². The van der Waals surface area contributed by atoms with Gasteiger partial charge in [-0.05, 0) is 49.8 Å². The number of hydrogen-bond acceptors (Lipinski definition) is 2. The summed E-state index contributed by atoms with van der Waals surface area (Å²) in [6, 6.07) is 7.42. The number of rotatable bonds is 2. The van der Waals surface area contributed by atoms with Gasteiger partial charge in [0, 0.05) is 31.4 Å². The first kappa shape index (κ1) is 13.9. The van der Waals surface area contributed by atoms with Crippen LogP contribution in [0.5, 0.6) is 0 Å². The van der Waals surface area contributed by atoms with Crippen LogP contribution in [0, 0.1) is 19.8 Å². The molecule has 1 aliphatic carbocycles. The van der Waals surface area contributed by atoms with Crippen LogP contribution in [0.1, 0.15) is 43.2 Å². The smallest absolute Gasteiger partial charge is 0.0399 e. The van der Waals surface area contributed by atoms with Gasteiger partial charge in [0.05, 0.1) is 0 Å². The number of aryl methyl sites for hydroxylation is 1. The van der Waals surface area contributed by atoms with E-state index < -0.39 is 0 Å². The minimum Gasteiger partial charge on any atom is -0.368 e. The first-order valence-electron chi connectivity index (χ1n) is 8.30. The quantitative estimate of drug-likeness (QED) is 0.884. The summed E-state index contributed by atoms with van der Waals surface area (Å²) >= 11 is 0. The third-order valence-corrected chi connectivity index (χ3v) is 5.34. The van der Waals surface area contributed by atoms with Gasteiger partial charge >= 0.3 is 0 Å². The van der Waals surface area contributed by atoms with Crippen LogP contribution in [-0.2, 0) is 0 Å². The van der Waals surface area contributed by atoms with Crippen LogP contribution in [-0.4, -0.2) is 25.7 Å². The Hall–Kier alpha value is -1.02. The van der Waals surface area contributed by atoms with Gasteiger partial charge in [0.25, 0.3) is 0 Å². The van der Waals surface area contributed by atoms with E-state index in [1.807, 2.05) is 0 Å². The zero-order valence-electron chi connectivity index (χ0n) is 13.0. The minimum atomic E-state index is 0.698. The molecule has 1 aromatic carbocycles. The van der Waals surface area contributed by atoms with Crippen molar-refractivity contribution in [2.24, 2.45) is 5.92 Å². The lowest BCUT2D eigenvalue weighted by molar-refractivity contribution is 0.257. The lowest BCUT2D eigenvalue weighted by Crippen LogP contribution is -2.54. The first-order chi connectivity index (χ1) is 9.75. The third kappa shape index (κ3) is 2.85. The van der Waals surface area contributed by atoms with Gasteiger partial charge in [-0.3, -0.25) is 0 Å².